The smallest absolute Gasteiger partial charge is 0.282 e. The van der Waals surface area contributed by atoms with E-state index in [2.05, 4.69) is 18.6 Å². The number of nitrogens with two attached hydrogens (primary N) is 3. The molecule has 0 fully saturated rings. The molecule has 0 saturated heterocycles. The van der Waals surface area contributed by atoms with E-state index in [4.69, 9.17) is 19.9 Å². The first kappa shape index (κ1) is 24.0. The largest absolute Gasteiger partial charge is 0.331 e. The summed E-state index contributed by atoms with van der Waals surface area (Å²) in [4.78, 5) is 0. The Bertz CT molecular complexity index is 207. The zero-order valence-electron chi connectivity index (χ0n) is 15.1. The molecule has 6 nitrogen and oxygen atoms in total. The number of rotatable bonds is 14. The van der Waals surface area contributed by atoms with E-state index in [9.17, 15) is 0 Å². The Hall–Kier alpha value is -0.240. The van der Waals surface area contributed by atoms with Gasteiger partial charge < -0.3 is 19.9 Å². The van der Waals surface area contributed by atoms with Crippen LogP contribution in [0.5, 0.6) is 0 Å². The minimum atomic E-state index is -0.851. The number of hydrogen-bond acceptors (Lipinski definition) is 6. The molecule has 0 rings (SSSR count). The predicted molar refractivity (Wildman–Crippen MR) is 92.0 cm³/mol. The first-order chi connectivity index (χ1) is 10.6. The van der Waals surface area contributed by atoms with Gasteiger partial charge >= 0.3 is 0 Å². The van der Waals surface area contributed by atoms with Crippen molar-refractivity contribution in [3.63, 3.8) is 0 Å². The molecule has 0 aliphatic heterocycles. The number of hydrazine groups is 1. The van der Waals surface area contributed by atoms with Crippen LogP contribution in [0.15, 0.2) is 0 Å². The average Bonchev–Trinajstić information content (AvgIpc) is 2.59. The average molecular weight is 322 g/mol. The van der Waals surface area contributed by atoms with Crippen molar-refractivity contribution in [3.05, 3.63) is 0 Å². The van der Waals surface area contributed by atoms with Crippen molar-refractivity contribution in [2.45, 2.75) is 83.1 Å². The van der Waals surface area contributed by atoms with E-state index in [0.29, 0.717) is 6.04 Å². The quantitative estimate of drug-likeness (QED) is 0.196. The Morgan fingerprint density at radius 1 is 0.773 bits per heavy atom. The van der Waals surface area contributed by atoms with Gasteiger partial charge in [-0.05, 0) is 19.3 Å². The van der Waals surface area contributed by atoms with Gasteiger partial charge in [-0.3, -0.25) is 11.7 Å². The van der Waals surface area contributed by atoms with Crippen molar-refractivity contribution in [1.82, 2.24) is 0 Å². The van der Waals surface area contributed by atoms with Crippen molar-refractivity contribution in [1.29, 1.82) is 0 Å². The summed E-state index contributed by atoms with van der Waals surface area (Å²) in [5.41, 5.74) is 5.90. The maximum atomic E-state index is 5.90. The van der Waals surface area contributed by atoms with Crippen LogP contribution in [0.2, 0.25) is 0 Å². The highest BCUT2D eigenvalue weighted by Crippen LogP contribution is 2.21. The number of hydrogen-bond donors (Lipinski definition) is 3. The molecule has 0 amide bonds. The maximum Gasteiger partial charge on any atom is 0.282 e. The van der Waals surface area contributed by atoms with E-state index >= 15 is 0 Å². The lowest BCUT2D eigenvalue weighted by atomic mass is 10.0. The molecule has 0 aliphatic carbocycles. The van der Waals surface area contributed by atoms with Crippen LogP contribution in [0.4, 0.5) is 0 Å². The van der Waals surface area contributed by atoms with Crippen LogP contribution in [0.3, 0.4) is 0 Å². The lowest BCUT2D eigenvalue weighted by Gasteiger charge is -2.28. The topological polar surface area (TPSA) is 106 Å². The van der Waals surface area contributed by atoms with Crippen molar-refractivity contribution in [2.24, 2.45) is 17.4 Å². The molecule has 0 aromatic carbocycles. The second-order valence-electron chi connectivity index (χ2n) is 5.48. The van der Waals surface area contributed by atoms with Gasteiger partial charge in [0.15, 0.2) is 0 Å². The van der Waals surface area contributed by atoms with Crippen LogP contribution < -0.4 is 17.4 Å². The fraction of sp³-hybridized carbons (Fsp3) is 1.00. The van der Waals surface area contributed by atoms with E-state index in [0.717, 1.165) is 19.3 Å². The molecule has 0 aromatic rings. The number of ether oxygens (including phenoxy) is 3. The molecular formula is C16H39N3O3. The highest BCUT2D eigenvalue weighted by molar-refractivity contribution is 4.59. The molecule has 0 radical (unpaired) electrons. The van der Waals surface area contributed by atoms with Crippen LogP contribution >= 0.6 is 0 Å². The van der Waals surface area contributed by atoms with Crippen molar-refractivity contribution >= 4 is 0 Å². The van der Waals surface area contributed by atoms with Crippen molar-refractivity contribution < 1.29 is 14.2 Å². The monoisotopic (exact) mass is 321 g/mol. The normalized spacial score (nSPS) is 12.7. The highest BCUT2D eigenvalue weighted by Gasteiger charge is 2.28. The molecule has 0 bridgehead atoms. The minimum absolute atomic E-state index is 0.403. The molecule has 6 heteroatoms. The van der Waals surface area contributed by atoms with Gasteiger partial charge in [-0.2, -0.15) is 0 Å². The summed E-state index contributed by atoms with van der Waals surface area (Å²) >= 11 is 0. The first-order valence-corrected chi connectivity index (χ1v) is 8.38. The third kappa shape index (κ3) is 12.3. The zero-order valence-corrected chi connectivity index (χ0v) is 15.1. The van der Waals surface area contributed by atoms with Gasteiger partial charge in [-0.25, -0.2) is 0 Å². The lowest BCUT2D eigenvalue weighted by molar-refractivity contribution is -0.355. The molecule has 0 aromatic heterocycles. The SMILES string of the molecule is CCC(N)CCCCCCCCCC(OC)(OC)OC.NN. The highest BCUT2D eigenvalue weighted by atomic mass is 16.9. The second kappa shape index (κ2) is 17.1. The second-order valence-corrected chi connectivity index (χ2v) is 5.48. The summed E-state index contributed by atoms with van der Waals surface area (Å²) in [5.74, 6) is 7.15. The Morgan fingerprint density at radius 3 is 1.59 bits per heavy atom. The van der Waals surface area contributed by atoms with Gasteiger partial charge in [0, 0.05) is 33.8 Å². The van der Waals surface area contributed by atoms with Crippen LogP contribution in [-0.2, 0) is 14.2 Å². The van der Waals surface area contributed by atoms with Gasteiger partial charge in [-0.1, -0.05) is 45.4 Å². The lowest BCUT2D eigenvalue weighted by Crippen LogP contribution is -2.35. The summed E-state index contributed by atoms with van der Waals surface area (Å²) in [6, 6.07) is 0.403. The third-order valence-electron chi connectivity index (χ3n) is 4.02. The maximum absolute atomic E-state index is 5.90. The summed E-state index contributed by atoms with van der Waals surface area (Å²) in [5, 5.41) is 0. The summed E-state index contributed by atoms with van der Waals surface area (Å²) in [6.45, 7) is 2.16. The Labute approximate surface area is 137 Å². The molecule has 0 spiro atoms. The Balaban J connectivity index is 0. The Morgan fingerprint density at radius 2 is 1.18 bits per heavy atom. The Kier molecular flexibility index (Phi) is 18.7. The standard InChI is InChI=1S/C16H35NO3.H4N2/c1-5-15(17)13-11-9-7-6-8-10-12-14-16(18-2,19-3)20-4;1-2/h15H,5-14,17H2,1-4H3;1-2H2. The van der Waals surface area contributed by atoms with Crippen LogP contribution in [0, 0.1) is 0 Å². The molecule has 0 aliphatic rings. The number of methoxy groups -OCH3 is 3. The molecular weight excluding hydrogens is 282 g/mol. The molecule has 136 valence electrons. The molecule has 0 saturated carbocycles. The van der Waals surface area contributed by atoms with E-state index in [-0.39, 0.29) is 0 Å². The van der Waals surface area contributed by atoms with Crippen LogP contribution in [0.1, 0.15) is 71.1 Å². The predicted octanol–water partition coefficient (Wildman–Crippen LogP) is 2.65. The van der Waals surface area contributed by atoms with Gasteiger partial charge in [-0.15, -0.1) is 0 Å². The van der Waals surface area contributed by atoms with E-state index in [1.54, 1.807) is 21.3 Å². The molecule has 22 heavy (non-hydrogen) atoms. The summed E-state index contributed by atoms with van der Waals surface area (Å²) in [6.07, 6.45) is 11.8. The first-order valence-electron chi connectivity index (χ1n) is 8.38. The molecule has 0 heterocycles. The van der Waals surface area contributed by atoms with Gasteiger partial charge in [0.1, 0.15) is 0 Å². The minimum Gasteiger partial charge on any atom is -0.331 e. The molecule has 1 atom stereocenters. The fourth-order valence-electron chi connectivity index (χ4n) is 2.39. The van der Waals surface area contributed by atoms with Gasteiger partial charge in [0.25, 0.3) is 5.97 Å². The fourth-order valence-corrected chi connectivity index (χ4v) is 2.39. The van der Waals surface area contributed by atoms with Gasteiger partial charge in [0.05, 0.1) is 0 Å². The zero-order chi connectivity index (χ0) is 17.3. The van der Waals surface area contributed by atoms with Crippen LogP contribution in [-0.4, -0.2) is 33.3 Å². The van der Waals surface area contributed by atoms with Crippen LogP contribution in [0.25, 0.3) is 0 Å². The van der Waals surface area contributed by atoms with Gasteiger partial charge in [0.2, 0.25) is 0 Å². The summed E-state index contributed by atoms with van der Waals surface area (Å²) in [7, 11) is 4.86. The van der Waals surface area contributed by atoms with E-state index in [1.165, 1.54) is 44.9 Å². The molecule has 6 N–H and O–H groups in total. The third-order valence-corrected chi connectivity index (χ3v) is 4.02. The van der Waals surface area contributed by atoms with Crippen molar-refractivity contribution in [3.8, 4) is 0 Å². The van der Waals surface area contributed by atoms with E-state index < -0.39 is 5.97 Å². The molecule has 1 unspecified atom stereocenters. The van der Waals surface area contributed by atoms with Crippen molar-refractivity contribution in [2.75, 3.05) is 21.3 Å². The number of unbranched alkanes of at least 4 members (excludes halogenated alkanes) is 6. The summed E-state index contributed by atoms with van der Waals surface area (Å²) < 4.78 is 15.8. The van der Waals surface area contributed by atoms with E-state index in [1.807, 2.05) is 0 Å².